The van der Waals surface area contributed by atoms with Crippen molar-refractivity contribution in [1.82, 2.24) is 25.3 Å². The van der Waals surface area contributed by atoms with Crippen LogP contribution in [0.15, 0.2) is 66.2 Å². The van der Waals surface area contributed by atoms with Crippen molar-refractivity contribution in [1.29, 1.82) is 0 Å². The average molecular weight is 784 g/mol. The van der Waals surface area contributed by atoms with E-state index in [2.05, 4.69) is 36.3 Å². The predicted octanol–water partition coefficient (Wildman–Crippen LogP) is 6.82. The van der Waals surface area contributed by atoms with Crippen LogP contribution >= 0.6 is 0 Å². The summed E-state index contributed by atoms with van der Waals surface area (Å²) < 4.78 is 0. The molecule has 2 aromatic carbocycles. The molecule has 0 radical (unpaired) electrons. The number of rotatable bonds is 15. The quantitative estimate of drug-likeness (QED) is 0.151. The number of likely N-dealkylation sites (tertiary alicyclic amines) is 2. The van der Waals surface area contributed by atoms with Gasteiger partial charge < -0.3 is 20.4 Å². The van der Waals surface area contributed by atoms with Crippen LogP contribution in [0.3, 0.4) is 0 Å². The highest BCUT2D eigenvalue weighted by Crippen LogP contribution is 2.28. The molecule has 0 saturated carbocycles. The zero-order valence-corrected chi connectivity index (χ0v) is 36.4. The van der Waals surface area contributed by atoms with Gasteiger partial charge >= 0.3 is 0 Å². The second kappa shape index (κ2) is 19.9. The molecule has 2 aliphatic rings. The van der Waals surface area contributed by atoms with E-state index in [-0.39, 0.29) is 53.5 Å². The van der Waals surface area contributed by atoms with Gasteiger partial charge in [-0.15, -0.1) is 0 Å². The standard InChI is InChI=1S/C47H69N5O5/c1-30(2)34(7)51-26-16-15-20-38(51)44(55)49-42(47(8,9)10)46(57)50(11)40(31(3)4)28-32(5)45(56)52-27-17-21-39(52)43(54)48-33(6)29-35-22-24-37(25-23-35)41(53)36-18-13-12-14-19-36/h12-14,18-19,22-25,28,30-31,33-34,38-40,42H,15-17,20-21,26-27,29H2,1-11H3,(H,48,54)(H,49,55)/b32-28+/t33-,34?,38-,39+,40?,42-/m1/s1. The molecular formula is C47H69N5O5. The van der Waals surface area contributed by atoms with Crippen LogP contribution in [0.5, 0.6) is 0 Å². The highest BCUT2D eigenvalue weighted by atomic mass is 16.2. The third-order valence-corrected chi connectivity index (χ3v) is 12.0. The molecular weight excluding hydrogens is 715 g/mol. The molecule has 0 aliphatic carbocycles. The number of likely N-dealkylation sites (N-methyl/N-ethyl adjacent to an activating group) is 1. The Balaban J connectivity index is 1.41. The Labute approximate surface area is 342 Å². The maximum absolute atomic E-state index is 14.4. The zero-order valence-electron chi connectivity index (χ0n) is 36.4. The van der Waals surface area contributed by atoms with Crippen LogP contribution in [0.1, 0.15) is 123 Å². The first-order valence-corrected chi connectivity index (χ1v) is 21.1. The van der Waals surface area contributed by atoms with Gasteiger partial charge in [0.2, 0.25) is 23.6 Å². The lowest BCUT2D eigenvalue weighted by Crippen LogP contribution is -2.61. The number of nitrogens with zero attached hydrogens (tertiary/aromatic N) is 3. The molecule has 312 valence electrons. The smallest absolute Gasteiger partial charge is 0.249 e. The van der Waals surface area contributed by atoms with E-state index in [4.69, 9.17) is 0 Å². The average Bonchev–Trinajstić information content (AvgIpc) is 3.68. The molecule has 2 aromatic rings. The number of amides is 4. The van der Waals surface area contributed by atoms with Crippen LogP contribution in [-0.4, -0.2) is 100 Å². The number of hydrogen-bond acceptors (Lipinski definition) is 6. The molecule has 2 aliphatic heterocycles. The fourth-order valence-electron chi connectivity index (χ4n) is 8.22. The summed E-state index contributed by atoms with van der Waals surface area (Å²) in [5.74, 6) is -0.369. The van der Waals surface area contributed by atoms with Gasteiger partial charge in [-0.25, -0.2) is 0 Å². The molecule has 10 nitrogen and oxygen atoms in total. The third-order valence-electron chi connectivity index (χ3n) is 12.0. The van der Waals surface area contributed by atoms with Gasteiger partial charge in [0.15, 0.2) is 5.78 Å². The van der Waals surface area contributed by atoms with E-state index < -0.39 is 23.5 Å². The predicted molar refractivity (Wildman–Crippen MR) is 228 cm³/mol. The minimum atomic E-state index is -0.762. The van der Waals surface area contributed by atoms with E-state index in [0.29, 0.717) is 42.0 Å². The van der Waals surface area contributed by atoms with Crippen LogP contribution in [0.2, 0.25) is 0 Å². The Morgan fingerprint density at radius 3 is 1.96 bits per heavy atom. The number of carbonyl (C=O) groups is 5. The minimum absolute atomic E-state index is 0.0252. The van der Waals surface area contributed by atoms with Crippen molar-refractivity contribution >= 4 is 29.4 Å². The first-order chi connectivity index (χ1) is 26.8. The Hall–Kier alpha value is -4.31. The summed E-state index contributed by atoms with van der Waals surface area (Å²) in [7, 11) is 1.75. The Bertz CT molecular complexity index is 1730. The SMILES string of the molecule is C/C(=C\C(C(C)C)N(C)C(=O)[C@@H](NC(=O)[C@H]1CCCCN1C(C)C(C)C)C(C)(C)C)C(=O)N1CCC[C@H]1C(=O)N[C@H](C)Cc1ccc(C(=O)c2ccccc2)cc1. The zero-order chi connectivity index (χ0) is 42.2. The van der Waals surface area contributed by atoms with E-state index in [0.717, 1.165) is 37.8 Å². The molecule has 2 N–H and O–H groups in total. The molecule has 6 atom stereocenters. The van der Waals surface area contributed by atoms with Crippen molar-refractivity contribution in [2.45, 2.75) is 144 Å². The van der Waals surface area contributed by atoms with E-state index in [1.165, 1.54) is 0 Å². The lowest BCUT2D eigenvalue weighted by Gasteiger charge is -2.42. The fourth-order valence-corrected chi connectivity index (χ4v) is 8.22. The first-order valence-electron chi connectivity index (χ1n) is 21.1. The highest BCUT2D eigenvalue weighted by molar-refractivity contribution is 6.09. The monoisotopic (exact) mass is 784 g/mol. The fraction of sp³-hybridized carbons (Fsp3) is 0.596. The van der Waals surface area contributed by atoms with Gasteiger partial charge in [0.25, 0.3) is 0 Å². The summed E-state index contributed by atoms with van der Waals surface area (Å²) in [6.07, 6.45) is 6.52. The molecule has 0 aromatic heterocycles. The second-order valence-corrected chi connectivity index (χ2v) is 18.2. The Kier molecular flexibility index (Phi) is 15.8. The maximum Gasteiger partial charge on any atom is 0.249 e. The summed E-state index contributed by atoms with van der Waals surface area (Å²) in [6.45, 7) is 21.5. The largest absolute Gasteiger partial charge is 0.352 e. The lowest BCUT2D eigenvalue weighted by molar-refractivity contribution is -0.142. The minimum Gasteiger partial charge on any atom is -0.352 e. The topological polar surface area (TPSA) is 119 Å². The summed E-state index contributed by atoms with van der Waals surface area (Å²) >= 11 is 0. The van der Waals surface area contributed by atoms with Crippen molar-refractivity contribution in [3.63, 3.8) is 0 Å². The van der Waals surface area contributed by atoms with Gasteiger partial charge in [-0.3, -0.25) is 28.9 Å². The van der Waals surface area contributed by atoms with Crippen LogP contribution in [0, 0.1) is 17.3 Å². The van der Waals surface area contributed by atoms with Gasteiger partial charge in [0, 0.05) is 42.4 Å². The first kappa shape index (κ1) is 45.4. The summed E-state index contributed by atoms with van der Waals surface area (Å²) in [4.78, 5) is 74.4. The van der Waals surface area contributed by atoms with Crippen LogP contribution < -0.4 is 10.6 Å². The summed E-state index contributed by atoms with van der Waals surface area (Å²) in [6, 6.07) is 14.7. The van der Waals surface area contributed by atoms with Crippen LogP contribution in [-0.2, 0) is 25.6 Å². The molecule has 2 fully saturated rings. The molecule has 2 heterocycles. The Morgan fingerprint density at radius 1 is 0.772 bits per heavy atom. The molecule has 4 amide bonds. The van der Waals surface area contributed by atoms with E-state index in [9.17, 15) is 24.0 Å². The molecule has 4 rings (SSSR count). The van der Waals surface area contributed by atoms with E-state index in [1.807, 2.05) is 90.1 Å². The number of carbonyl (C=O) groups excluding carboxylic acids is 5. The number of hydrogen-bond donors (Lipinski definition) is 2. The van der Waals surface area contributed by atoms with E-state index in [1.54, 1.807) is 35.9 Å². The number of piperidine rings is 1. The van der Waals surface area contributed by atoms with Crippen molar-refractivity contribution in [3.05, 3.63) is 82.9 Å². The summed E-state index contributed by atoms with van der Waals surface area (Å²) in [5.41, 5.74) is 2.16. The van der Waals surface area contributed by atoms with Crippen molar-refractivity contribution in [2.75, 3.05) is 20.1 Å². The van der Waals surface area contributed by atoms with Crippen molar-refractivity contribution in [3.8, 4) is 0 Å². The van der Waals surface area contributed by atoms with Gasteiger partial charge in [0.1, 0.15) is 12.1 Å². The number of nitrogens with one attached hydrogen (secondary N) is 2. The van der Waals surface area contributed by atoms with Crippen molar-refractivity contribution in [2.24, 2.45) is 17.3 Å². The van der Waals surface area contributed by atoms with E-state index >= 15 is 0 Å². The molecule has 0 bridgehead atoms. The summed E-state index contributed by atoms with van der Waals surface area (Å²) in [5, 5.41) is 6.30. The van der Waals surface area contributed by atoms with Gasteiger partial charge in [-0.2, -0.15) is 0 Å². The van der Waals surface area contributed by atoms with Crippen molar-refractivity contribution < 1.29 is 24.0 Å². The number of ketones is 1. The van der Waals surface area contributed by atoms with Gasteiger partial charge in [0.05, 0.1) is 12.1 Å². The molecule has 10 heteroatoms. The molecule has 57 heavy (non-hydrogen) atoms. The highest BCUT2D eigenvalue weighted by Gasteiger charge is 2.41. The maximum atomic E-state index is 14.4. The second-order valence-electron chi connectivity index (χ2n) is 18.2. The molecule has 0 spiro atoms. The molecule has 2 unspecified atom stereocenters. The number of benzene rings is 2. The third kappa shape index (κ3) is 11.6. The Morgan fingerprint density at radius 2 is 1.37 bits per heavy atom. The van der Waals surface area contributed by atoms with Crippen LogP contribution in [0.25, 0.3) is 0 Å². The molecule has 2 saturated heterocycles. The van der Waals surface area contributed by atoms with Gasteiger partial charge in [-0.1, -0.05) is 116 Å². The van der Waals surface area contributed by atoms with Gasteiger partial charge in [-0.05, 0) is 82.2 Å². The normalized spacial score (nSPS) is 20.2. The lowest BCUT2D eigenvalue weighted by atomic mass is 9.84. The van der Waals surface area contributed by atoms with Crippen LogP contribution in [0.4, 0.5) is 0 Å².